The van der Waals surface area contributed by atoms with Crippen molar-refractivity contribution in [2.45, 2.75) is 25.4 Å². The number of piperidine rings is 1. The molecule has 1 heterocycles. The summed E-state index contributed by atoms with van der Waals surface area (Å²) < 4.78 is 21.3. The average Bonchev–Trinajstić information content (AvgIpc) is 2.82. The van der Waals surface area contributed by atoms with Crippen molar-refractivity contribution in [1.29, 1.82) is 0 Å². The van der Waals surface area contributed by atoms with Crippen LogP contribution in [0.4, 0.5) is 10.5 Å². The summed E-state index contributed by atoms with van der Waals surface area (Å²) in [4.78, 5) is 14.7. The molecule has 2 aromatic carbocycles. The van der Waals surface area contributed by atoms with E-state index in [4.69, 9.17) is 18.9 Å². The van der Waals surface area contributed by atoms with Gasteiger partial charge >= 0.3 is 6.03 Å². The highest BCUT2D eigenvalue weighted by Gasteiger charge is 2.21. The minimum atomic E-state index is -0.184. The Labute approximate surface area is 183 Å². The number of hydrogen-bond donors (Lipinski definition) is 2. The molecule has 31 heavy (non-hydrogen) atoms. The summed E-state index contributed by atoms with van der Waals surface area (Å²) >= 11 is 0. The van der Waals surface area contributed by atoms with Crippen LogP contribution in [0.2, 0.25) is 0 Å². The Kier molecular flexibility index (Phi) is 7.70. The second-order valence-corrected chi connectivity index (χ2v) is 7.32. The van der Waals surface area contributed by atoms with E-state index < -0.39 is 0 Å². The first kappa shape index (κ1) is 22.4. The van der Waals surface area contributed by atoms with Gasteiger partial charge in [-0.2, -0.15) is 0 Å². The quantitative estimate of drug-likeness (QED) is 0.671. The van der Waals surface area contributed by atoms with Crippen molar-refractivity contribution < 1.29 is 23.7 Å². The van der Waals surface area contributed by atoms with Gasteiger partial charge < -0.3 is 34.5 Å². The van der Waals surface area contributed by atoms with E-state index in [0.29, 0.717) is 23.8 Å². The molecule has 0 aliphatic carbocycles. The lowest BCUT2D eigenvalue weighted by Crippen LogP contribution is -2.47. The predicted molar refractivity (Wildman–Crippen MR) is 120 cm³/mol. The van der Waals surface area contributed by atoms with Crippen molar-refractivity contribution in [3.63, 3.8) is 0 Å². The molecule has 3 rings (SSSR count). The summed E-state index contributed by atoms with van der Waals surface area (Å²) in [5, 5.41) is 5.99. The molecule has 168 valence electrons. The maximum absolute atomic E-state index is 12.4. The van der Waals surface area contributed by atoms with Crippen LogP contribution >= 0.6 is 0 Å². The van der Waals surface area contributed by atoms with E-state index in [2.05, 4.69) is 27.7 Å². The zero-order valence-electron chi connectivity index (χ0n) is 18.6. The third kappa shape index (κ3) is 5.65. The smallest absolute Gasteiger partial charge is 0.315 e. The van der Waals surface area contributed by atoms with E-state index in [1.54, 1.807) is 28.4 Å². The molecular formula is C23H31N3O5. The SMILES string of the molecule is COc1ccc(N2CCC(NC(=O)NCc3cc(OC)c(OC)c(OC)c3)CC2)cc1. The second kappa shape index (κ2) is 10.7. The molecule has 0 atom stereocenters. The van der Waals surface area contributed by atoms with Crippen LogP contribution in [0.1, 0.15) is 18.4 Å². The molecule has 0 unspecified atom stereocenters. The molecule has 8 heteroatoms. The highest BCUT2D eigenvalue weighted by atomic mass is 16.5. The molecule has 1 aliphatic rings. The second-order valence-electron chi connectivity index (χ2n) is 7.32. The molecule has 0 aromatic heterocycles. The first-order chi connectivity index (χ1) is 15.1. The van der Waals surface area contributed by atoms with Crippen molar-refractivity contribution >= 4 is 11.7 Å². The van der Waals surface area contributed by atoms with Gasteiger partial charge in [-0.3, -0.25) is 0 Å². The summed E-state index contributed by atoms with van der Waals surface area (Å²) in [7, 11) is 6.36. The maximum atomic E-state index is 12.4. The summed E-state index contributed by atoms with van der Waals surface area (Å²) in [6.07, 6.45) is 1.78. The number of carbonyl (C=O) groups is 1. The molecule has 0 spiro atoms. The van der Waals surface area contributed by atoms with Crippen molar-refractivity contribution in [1.82, 2.24) is 10.6 Å². The van der Waals surface area contributed by atoms with Crippen molar-refractivity contribution in [2.24, 2.45) is 0 Å². The number of methoxy groups -OCH3 is 4. The van der Waals surface area contributed by atoms with E-state index in [9.17, 15) is 4.79 Å². The summed E-state index contributed by atoms with van der Waals surface area (Å²) in [5.74, 6) is 2.50. The highest BCUT2D eigenvalue weighted by Crippen LogP contribution is 2.38. The molecule has 8 nitrogen and oxygen atoms in total. The Morgan fingerprint density at radius 3 is 2.06 bits per heavy atom. The van der Waals surface area contributed by atoms with Crippen LogP contribution in [-0.4, -0.2) is 53.6 Å². The number of hydrogen-bond acceptors (Lipinski definition) is 6. The average molecular weight is 430 g/mol. The number of ether oxygens (including phenoxy) is 4. The van der Waals surface area contributed by atoms with E-state index in [1.165, 1.54) is 5.69 Å². The number of nitrogens with zero attached hydrogens (tertiary/aromatic N) is 1. The van der Waals surface area contributed by atoms with Crippen LogP contribution in [0.3, 0.4) is 0 Å². The monoisotopic (exact) mass is 429 g/mol. The molecule has 2 aromatic rings. The van der Waals surface area contributed by atoms with E-state index in [1.807, 2.05) is 24.3 Å². The van der Waals surface area contributed by atoms with Gasteiger partial charge in [0.15, 0.2) is 11.5 Å². The molecule has 1 fully saturated rings. The van der Waals surface area contributed by atoms with E-state index in [0.717, 1.165) is 37.2 Å². The topological polar surface area (TPSA) is 81.3 Å². The van der Waals surface area contributed by atoms with Gasteiger partial charge in [0.1, 0.15) is 5.75 Å². The molecule has 2 N–H and O–H groups in total. The lowest BCUT2D eigenvalue weighted by Gasteiger charge is -2.34. The van der Waals surface area contributed by atoms with Gasteiger partial charge in [-0.25, -0.2) is 4.79 Å². The summed E-state index contributed by atoms with van der Waals surface area (Å²) in [5.41, 5.74) is 2.03. The van der Waals surface area contributed by atoms with Crippen LogP contribution in [0.5, 0.6) is 23.0 Å². The van der Waals surface area contributed by atoms with Gasteiger partial charge in [0, 0.05) is 31.4 Å². The Morgan fingerprint density at radius 2 is 1.55 bits per heavy atom. The van der Waals surface area contributed by atoms with Crippen LogP contribution < -0.4 is 34.5 Å². The predicted octanol–water partition coefficient (Wildman–Crippen LogP) is 3.19. The maximum Gasteiger partial charge on any atom is 0.315 e. The molecule has 0 saturated carbocycles. The lowest BCUT2D eigenvalue weighted by molar-refractivity contribution is 0.234. The minimum Gasteiger partial charge on any atom is -0.497 e. The lowest BCUT2D eigenvalue weighted by atomic mass is 10.0. The molecular weight excluding hydrogens is 398 g/mol. The first-order valence-electron chi connectivity index (χ1n) is 10.3. The molecule has 2 amide bonds. The summed E-state index contributed by atoms with van der Waals surface area (Å²) in [6, 6.07) is 11.7. The van der Waals surface area contributed by atoms with Gasteiger partial charge in [-0.05, 0) is 54.8 Å². The zero-order valence-corrected chi connectivity index (χ0v) is 18.6. The molecule has 0 radical (unpaired) electrons. The molecule has 1 saturated heterocycles. The number of nitrogens with one attached hydrogen (secondary N) is 2. The number of carbonyl (C=O) groups excluding carboxylic acids is 1. The van der Waals surface area contributed by atoms with Crippen LogP contribution in [0, 0.1) is 0 Å². The Balaban J connectivity index is 1.48. The number of amides is 2. The fourth-order valence-electron chi connectivity index (χ4n) is 3.73. The van der Waals surface area contributed by atoms with Gasteiger partial charge in [-0.1, -0.05) is 0 Å². The number of urea groups is 1. The van der Waals surface area contributed by atoms with Crippen molar-refractivity contribution in [3.05, 3.63) is 42.0 Å². The van der Waals surface area contributed by atoms with Crippen LogP contribution in [0.15, 0.2) is 36.4 Å². The Morgan fingerprint density at radius 1 is 0.935 bits per heavy atom. The highest BCUT2D eigenvalue weighted by molar-refractivity contribution is 5.74. The summed E-state index contributed by atoms with van der Waals surface area (Å²) in [6.45, 7) is 2.14. The van der Waals surface area contributed by atoms with Crippen LogP contribution in [0.25, 0.3) is 0 Å². The van der Waals surface area contributed by atoms with Crippen molar-refractivity contribution in [3.8, 4) is 23.0 Å². The Hall–Kier alpha value is -3.29. The normalized spacial score (nSPS) is 14.0. The molecule has 0 bridgehead atoms. The molecule has 1 aliphatic heterocycles. The number of rotatable bonds is 8. The zero-order chi connectivity index (χ0) is 22.2. The fourth-order valence-corrected chi connectivity index (χ4v) is 3.73. The van der Waals surface area contributed by atoms with Gasteiger partial charge in [0.05, 0.1) is 28.4 Å². The van der Waals surface area contributed by atoms with Gasteiger partial charge in [0.25, 0.3) is 0 Å². The minimum absolute atomic E-state index is 0.148. The number of anilines is 1. The first-order valence-corrected chi connectivity index (χ1v) is 10.3. The van der Waals surface area contributed by atoms with Gasteiger partial charge in [-0.15, -0.1) is 0 Å². The third-order valence-electron chi connectivity index (χ3n) is 5.45. The largest absolute Gasteiger partial charge is 0.497 e. The van der Waals surface area contributed by atoms with E-state index >= 15 is 0 Å². The van der Waals surface area contributed by atoms with Crippen molar-refractivity contribution in [2.75, 3.05) is 46.4 Å². The third-order valence-corrected chi connectivity index (χ3v) is 5.45. The standard InChI is InChI=1S/C23H31N3O5/c1-28-19-7-5-18(6-8-19)26-11-9-17(10-12-26)25-23(27)24-15-16-13-20(29-2)22(31-4)21(14-16)30-3/h5-8,13-14,17H,9-12,15H2,1-4H3,(H2,24,25,27). The van der Waals surface area contributed by atoms with Gasteiger partial charge in [0.2, 0.25) is 5.75 Å². The van der Waals surface area contributed by atoms with E-state index in [-0.39, 0.29) is 12.1 Å². The Bertz CT molecular complexity index is 839. The number of benzene rings is 2. The fraction of sp³-hybridized carbons (Fsp3) is 0.435. The van der Waals surface area contributed by atoms with Crippen LogP contribution in [-0.2, 0) is 6.54 Å².